The summed E-state index contributed by atoms with van der Waals surface area (Å²) in [5.41, 5.74) is 4.79. The van der Waals surface area contributed by atoms with Crippen LogP contribution in [-0.2, 0) is 0 Å². The number of anilines is 1. The number of rotatable bonds is 4. The van der Waals surface area contributed by atoms with Gasteiger partial charge in [0.15, 0.2) is 11.5 Å². The lowest BCUT2D eigenvalue weighted by Gasteiger charge is -2.03. The summed E-state index contributed by atoms with van der Waals surface area (Å²) in [6.07, 6.45) is 4.82. The van der Waals surface area contributed by atoms with E-state index in [1.165, 1.54) is 18.3 Å². The number of amides is 1. The van der Waals surface area contributed by atoms with Crippen molar-refractivity contribution in [1.82, 2.24) is 29.8 Å². The molecule has 9 heteroatoms. The van der Waals surface area contributed by atoms with Crippen LogP contribution in [0.1, 0.15) is 16.1 Å². The number of benzene rings is 1. The van der Waals surface area contributed by atoms with Gasteiger partial charge in [-0.3, -0.25) is 14.9 Å². The Bertz CT molecular complexity index is 1390. The average molecular weight is 413 g/mol. The van der Waals surface area contributed by atoms with Crippen LogP contribution in [0.5, 0.6) is 0 Å². The number of hydrogen-bond donors (Lipinski definition) is 2. The van der Waals surface area contributed by atoms with E-state index >= 15 is 0 Å². The number of fused-ring (bicyclic) bond motifs is 1. The highest BCUT2D eigenvalue weighted by molar-refractivity contribution is 6.03. The molecule has 0 saturated heterocycles. The van der Waals surface area contributed by atoms with Crippen molar-refractivity contribution in [2.45, 2.75) is 6.92 Å². The molecule has 0 aliphatic rings. The Kier molecular flexibility index (Phi) is 4.47. The Morgan fingerprint density at radius 3 is 2.68 bits per heavy atom. The molecular weight excluding hydrogens is 397 g/mol. The molecule has 31 heavy (non-hydrogen) atoms. The SMILES string of the molecule is Cc1ccc(C(=O)Nc2cn3nc(-c4cn[nH]c4-c4ccc(F)cc4)ccc3n2)cn1. The third-order valence-electron chi connectivity index (χ3n) is 4.78. The summed E-state index contributed by atoms with van der Waals surface area (Å²) in [4.78, 5) is 20.9. The van der Waals surface area contributed by atoms with E-state index in [-0.39, 0.29) is 11.7 Å². The molecule has 0 radical (unpaired) electrons. The van der Waals surface area contributed by atoms with E-state index in [1.54, 1.807) is 47.2 Å². The van der Waals surface area contributed by atoms with Crippen LogP contribution in [0.3, 0.4) is 0 Å². The van der Waals surface area contributed by atoms with E-state index in [2.05, 4.69) is 30.6 Å². The number of nitrogens with zero attached hydrogens (tertiary/aromatic N) is 5. The van der Waals surface area contributed by atoms with Crippen molar-refractivity contribution < 1.29 is 9.18 Å². The fourth-order valence-corrected chi connectivity index (χ4v) is 3.19. The molecule has 0 aliphatic carbocycles. The fourth-order valence-electron chi connectivity index (χ4n) is 3.19. The summed E-state index contributed by atoms with van der Waals surface area (Å²) >= 11 is 0. The number of hydrogen-bond acceptors (Lipinski definition) is 5. The third-order valence-corrected chi connectivity index (χ3v) is 4.78. The van der Waals surface area contributed by atoms with E-state index in [0.717, 1.165) is 22.5 Å². The highest BCUT2D eigenvalue weighted by Crippen LogP contribution is 2.29. The summed E-state index contributed by atoms with van der Waals surface area (Å²) in [5, 5.41) is 14.4. The van der Waals surface area contributed by atoms with E-state index in [9.17, 15) is 9.18 Å². The lowest BCUT2D eigenvalue weighted by Crippen LogP contribution is -2.12. The highest BCUT2D eigenvalue weighted by atomic mass is 19.1. The first-order valence-electron chi connectivity index (χ1n) is 9.47. The molecule has 1 amide bonds. The van der Waals surface area contributed by atoms with Crippen molar-refractivity contribution >= 4 is 17.4 Å². The molecule has 0 spiro atoms. The number of carbonyl (C=O) groups is 1. The quantitative estimate of drug-likeness (QED) is 0.466. The topological polar surface area (TPSA) is 101 Å². The van der Waals surface area contributed by atoms with Crippen LogP contribution in [0.4, 0.5) is 10.2 Å². The van der Waals surface area contributed by atoms with Gasteiger partial charge in [0.2, 0.25) is 0 Å². The molecular formula is C22H16FN7O. The molecule has 4 heterocycles. The Hall–Kier alpha value is -4.40. The second-order valence-electron chi connectivity index (χ2n) is 6.96. The summed E-state index contributed by atoms with van der Waals surface area (Å²) in [5.74, 6) is -0.232. The van der Waals surface area contributed by atoms with Gasteiger partial charge in [-0.05, 0) is 55.5 Å². The molecule has 0 unspecified atom stereocenters. The maximum Gasteiger partial charge on any atom is 0.258 e. The fraction of sp³-hybridized carbons (Fsp3) is 0.0455. The molecule has 0 bridgehead atoms. The molecule has 1 aromatic carbocycles. The van der Waals surface area contributed by atoms with E-state index in [1.807, 2.05) is 13.0 Å². The van der Waals surface area contributed by atoms with Crippen LogP contribution in [0.25, 0.3) is 28.2 Å². The number of nitrogens with one attached hydrogen (secondary N) is 2. The first-order valence-corrected chi connectivity index (χ1v) is 9.47. The summed E-state index contributed by atoms with van der Waals surface area (Å²) in [7, 11) is 0. The number of aryl methyl sites for hydroxylation is 1. The number of aromatic nitrogens is 6. The third kappa shape index (κ3) is 3.64. The minimum absolute atomic E-state index is 0.301. The maximum atomic E-state index is 13.3. The van der Waals surface area contributed by atoms with Gasteiger partial charge in [0.1, 0.15) is 5.82 Å². The Morgan fingerprint density at radius 2 is 1.90 bits per heavy atom. The van der Waals surface area contributed by atoms with E-state index < -0.39 is 0 Å². The Morgan fingerprint density at radius 1 is 1.06 bits per heavy atom. The van der Waals surface area contributed by atoms with Gasteiger partial charge in [-0.1, -0.05) is 0 Å². The summed E-state index contributed by atoms with van der Waals surface area (Å²) in [6.45, 7) is 1.86. The van der Waals surface area contributed by atoms with Crippen LogP contribution >= 0.6 is 0 Å². The second-order valence-corrected chi connectivity index (χ2v) is 6.96. The van der Waals surface area contributed by atoms with E-state index in [0.29, 0.717) is 22.7 Å². The number of carbonyl (C=O) groups excluding carboxylic acids is 1. The predicted octanol–water partition coefficient (Wildman–Crippen LogP) is 3.88. The number of pyridine rings is 1. The zero-order valence-electron chi connectivity index (χ0n) is 16.4. The number of imidazole rings is 1. The molecule has 2 N–H and O–H groups in total. The predicted molar refractivity (Wildman–Crippen MR) is 113 cm³/mol. The van der Waals surface area contributed by atoms with Gasteiger partial charge in [-0.25, -0.2) is 13.9 Å². The van der Waals surface area contributed by atoms with Crippen molar-refractivity contribution in [1.29, 1.82) is 0 Å². The van der Waals surface area contributed by atoms with Gasteiger partial charge in [0, 0.05) is 23.0 Å². The molecule has 5 rings (SSSR count). The average Bonchev–Trinajstić information content (AvgIpc) is 3.41. The number of halogens is 1. The van der Waals surface area contributed by atoms with Crippen molar-refractivity contribution in [3.63, 3.8) is 0 Å². The maximum absolute atomic E-state index is 13.3. The lowest BCUT2D eigenvalue weighted by molar-refractivity contribution is 0.102. The molecule has 8 nitrogen and oxygen atoms in total. The van der Waals surface area contributed by atoms with Crippen LogP contribution < -0.4 is 5.32 Å². The van der Waals surface area contributed by atoms with Crippen molar-refractivity contribution in [3.8, 4) is 22.5 Å². The molecule has 5 aromatic rings. The Balaban J connectivity index is 1.44. The van der Waals surface area contributed by atoms with Gasteiger partial charge in [0.25, 0.3) is 5.91 Å². The summed E-state index contributed by atoms with van der Waals surface area (Å²) < 4.78 is 14.8. The van der Waals surface area contributed by atoms with E-state index in [4.69, 9.17) is 0 Å². The van der Waals surface area contributed by atoms with Gasteiger partial charge in [-0.15, -0.1) is 0 Å². The van der Waals surface area contributed by atoms with Crippen LogP contribution in [0.2, 0.25) is 0 Å². The lowest BCUT2D eigenvalue weighted by atomic mass is 10.1. The standard InChI is InChI=1S/C22H16FN7O/c1-13-2-3-15(10-24-13)22(31)27-19-12-30-20(26-19)9-8-18(29-30)17-11-25-28-21(17)14-4-6-16(23)7-5-14/h2-12H,1H3,(H,25,28)(H,27,31). The molecule has 0 aliphatic heterocycles. The summed E-state index contributed by atoms with van der Waals surface area (Å²) in [6, 6.07) is 13.2. The zero-order valence-corrected chi connectivity index (χ0v) is 16.4. The normalized spacial score (nSPS) is 11.0. The van der Waals surface area contributed by atoms with Gasteiger partial charge in [-0.2, -0.15) is 10.2 Å². The monoisotopic (exact) mass is 413 g/mol. The van der Waals surface area contributed by atoms with Crippen molar-refractivity contribution in [2.75, 3.05) is 5.32 Å². The molecule has 152 valence electrons. The van der Waals surface area contributed by atoms with Crippen LogP contribution in [0, 0.1) is 12.7 Å². The number of H-pyrrole nitrogens is 1. The molecule has 4 aromatic heterocycles. The molecule has 0 saturated carbocycles. The van der Waals surface area contributed by atoms with Crippen molar-refractivity contribution in [2.24, 2.45) is 0 Å². The molecule has 0 atom stereocenters. The minimum Gasteiger partial charge on any atom is -0.305 e. The van der Waals surface area contributed by atoms with Gasteiger partial charge in [0.05, 0.1) is 29.3 Å². The largest absolute Gasteiger partial charge is 0.305 e. The van der Waals surface area contributed by atoms with Crippen LogP contribution in [0.15, 0.2) is 67.1 Å². The zero-order chi connectivity index (χ0) is 21.4. The van der Waals surface area contributed by atoms with Gasteiger partial charge < -0.3 is 5.32 Å². The smallest absolute Gasteiger partial charge is 0.258 e. The first-order chi connectivity index (χ1) is 15.1. The van der Waals surface area contributed by atoms with Crippen LogP contribution in [-0.4, -0.2) is 35.7 Å². The minimum atomic E-state index is -0.307. The first kappa shape index (κ1) is 18.6. The van der Waals surface area contributed by atoms with Crippen molar-refractivity contribution in [3.05, 3.63) is 84.2 Å². The highest BCUT2D eigenvalue weighted by Gasteiger charge is 2.14. The van der Waals surface area contributed by atoms with Gasteiger partial charge >= 0.3 is 0 Å². The Labute approximate surface area is 175 Å². The molecule has 0 fully saturated rings. The second kappa shape index (κ2) is 7.45. The number of aromatic amines is 1.